The number of hydrogen-bond donors (Lipinski definition) is 0. The second-order valence-corrected chi connectivity index (χ2v) is 4.66. The molecule has 1 aliphatic rings. The minimum atomic E-state index is 0.127. The zero-order chi connectivity index (χ0) is 10.6. The molecule has 1 rings (SSSR count). The van der Waals surface area contributed by atoms with Crippen molar-refractivity contribution in [3.05, 3.63) is 0 Å². The van der Waals surface area contributed by atoms with Gasteiger partial charge in [0.05, 0.1) is 6.10 Å². The number of nitrogens with zero attached hydrogens (tertiary/aromatic N) is 1. The molecular weight excluding hydrogens is 246 g/mol. The number of ether oxygens (including phenoxy) is 1. The topological polar surface area (TPSA) is 29.5 Å². The Hall–Kier alpha value is -0.0900. The van der Waals surface area contributed by atoms with Gasteiger partial charge in [0, 0.05) is 18.4 Å². The van der Waals surface area contributed by atoms with Crippen molar-refractivity contribution in [2.24, 2.45) is 5.92 Å². The van der Waals surface area contributed by atoms with Gasteiger partial charge in [0.15, 0.2) is 0 Å². The molecule has 0 radical (unpaired) electrons. The summed E-state index contributed by atoms with van der Waals surface area (Å²) in [5.74, 6) is 0.750. The zero-order valence-electron chi connectivity index (χ0n) is 8.83. The molecule has 0 aromatic carbocycles. The molecule has 1 aliphatic heterocycles. The van der Waals surface area contributed by atoms with Gasteiger partial charge in [0.2, 0.25) is 5.91 Å². The molecule has 1 saturated heterocycles. The summed E-state index contributed by atoms with van der Waals surface area (Å²) in [5.41, 5.74) is 0. The third-order valence-electron chi connectivity index (χ3n) is 2.40. The van der Waals surface area contributed by atoms with Crippen molar-refractivity contribution < 1.29 is 9.53 Å². The van der Waals surface area contributed by atoms with Gasteiger partial charge in [-0.1, -0.05) is 15.9 Å². The van der Waals surface area contributed by atoms with Gasteiger partial charge in [-0.2, -0.15) is 0 Å². The Bertz CT molecular complexity index is 197. The molecule has 0 aliphatic carbocycles. The molecule has 0 saturated carbocycles. The highest BCUT2D eigenvalue weighted by molar-refractivity contribution is 9.09. The molecule has 4 heteroatoms. The standard InChI is InChI=1S/C10H18BrNO2/c1-8(2)14-7-10(13)12-4-3-9(5-11)6-12/h8-9H,3-7H2,1-2H3. The summed E-state index contributed by atoms with van der Waals surface area (Å²) in [5, 5.41) is 0.988. The highest BCUT2D eigenvalue weighted by Crippen LogP contribution is 2.18. The first-order valence-corrected chi connectivity index (χ1v) is 6.21. The summed E-state index contributed by atoms with van der Waals surface area (Å²) in [6, 6.07) is 0. The molecule has 1 atom stereocenters. The van der Waals surface area contributed by atoms with Gasteiger partial charge in [-0.15, -0.1) is 0 Å². The molecule has 1 amide bonds. The monoisotopic (exact) mass is 263 g/mol. The Morgan fingerprint density at radius 3 is 2.86 bits per heavy atom. The average Bonchev–Trinajstić information content (AvgIpc) is 2.62. The number of halogens is 1. The van der Waals surface area contributed by atoms with E-state index in [-0.39, 0.29) is 18.6 Å². The quantitative estimate of drug-likeness (QED) is 0.723. The first-order valence-electron chi connectivity index (χ1n) is 5.08. The van der Waals surface area contributed by atoms with E-state index in [1.807, 2.05) is 18.7 Å². The van der Waals surface area contributed by atoms with E-state index in [4.69, 9.17) is 4.74 Å². The molecule has 82 valence electrons. The highest BCUT2D eigenvalue weighted by Gasteiger charge is 2.25. The lowest BCUT2D eigenvalue weighted by Gasteiger charge is -2.17. The lowest BCUT2D eigenvalue weighted by atomic mass is 10.2. The summed E-state index contributed by atoms with van der Waals surface area (Å²) < 4.78 is 5.28. The average molecular weight is 264 g/mol. The van der Waals surface area contributed by atoms with Crippen LogP contribution in [0.2, 0.25) is 0 Å². The van der Waals surface area contributed by atoms with Crippen LogP contribution in [-0.4, -0.2) is 41.9 Å². The minimum absolute atomic E-state index is 0.127. The van der Waals surface area contributed by atoms with Gasteiger partial charge < -0.3 is 9.64 Å². The first-order chi connectivity index (χ1) is 6.63. The van der Waals surface area contributed by atoms with E-state index in [9.17, 15) is 4.79 Å². The van der Waals surface area contributed by atoms with E-state index in [1.165, 1.54) is 0 Å². The molecule has 0 aromatic heterocycles. The Morgan fingerprint density at radius 1 is 1.64 bits per heavy atom. The van der Waals surface area contributed by atoms with Crippen molar-refractivity contribution in [3.8, 4) is 0 Å². The van der Waals surface area contributed by atoms with Gasteiger partial charge >= 0.3 is 0 Å². The van der Waals surface area contributed by atoms with Crippen LogP contribution in [0.15, 0.2) is 0 Å². The van der Waals surface area contributed by atoms with Crippen LogP contribution in [0.4, 0.5) is 0 Å². The number of amides is 1. The van der Waals surface area contributed by atoms with E-state index >= 15 is 0 Å². The van der Waals surface area contributed by atoms with Crippen LogP contribution in [-0.2, 0) is 9.53 Å². The van der Waals surface area contributed by atoms with Crippen molar-refractivity contribution >= 4 is 21.8 Å². The minimum Gasteiger partial charge on any atom is -0.369 e. The number of rotatable bonds is 4. The number of likely N-dealkylation sites (tertiary alicyclic amines) is 1. The van der Waals surface area contributed by atoms with Crippen molar-refractivity contribution in [3.63, 3.8) is 0 Å². The molecule has 1 unspecified atom stereocenters. The maximum atomic E-state index is 11.6. The van der Waals surface area contributed by atoms with Gasteiger partial charge in [-0.05, 0) is 26.2 Å². The molecule has 0 spiro atoms. The molecule has 3 nitrogen and oxygen atoms in total. The van der Waals surface area contributed by atoms with E-state index in [0.29, 0.717) is 5.92 Å². The third-order valence-corrected chi connectivity index (χ3v) is 3.31. The molecule has 1 heterocycles. The summed E-state index contributed by atoms with van der Waals surface area (Å²) >= 11 is 3.45. The lowest BCUT2D eigenvalue weighted by molar-refractivity contribution is -0.136. The van der Waals surface area contributed by atoms with Crippen LogP contribution in [0, 0.1) is 5.92 Å². The van der Waals surface area contributed by atoms with Crippen molar-refractivity contribution in [2.75, 3.05) is 25.0 Å². The van der Waals surface area contributed by atoms with Crippen molar-refractivity contribution in [1.82, 2.24) is 4.90 Å². The van der Waals surface area contributed by atoms with Gasteiger partial charge in [-0.25, -0.2) is 0 Å². The molecular formula is C10H18BrNO2. The fourth-order valence-electron chi connectivity index (χ4n) is 1.51. The predicted octanol–water partition coefficient (Wildman–Crippen LogP) is 1.65. The highest BCUT2D eigenvalue weighted by atomic mass is 79.9. The van der Waals surface area contributed by atoms with E-state index in [2.05, 4.69) is 15.9 Å². The molecule has 1 fully saturated rings. The van der Waals surface area contributed by atoms with Gasteiger partial charge in [0.1, 0.15) is 6.61 Å². The number of carbonyl (C=O) groups excluding carboxylic acids is 1. The van der Waals surface area contributed by atoms with Crippen LogP contribution in [0.25, 0.3) is 0 Å². The maximum Gasteiger partial charge on any atom is 0.248 e. The van der Waals surface area contributed by atoms with Crippen LogP contribution < -0.4 is 0 Å². The Balaban J connectivity index is 2.25. The fourth-order valence-corrected chi connectivity index (χ4v) is 2.04. The number of hydrogen-bond acceptors (Lipinski definition) is 2. The normalized spacial score (nSPS) is 22.0. The number of alkyl halides is 1. The van der Waals surface area contributed by atoms with Gasteiger partial charge in [-0.3, -0.25) is 4.79 Å². The summed E-state index contributed by atoms with van der Waals surface area (Å²) in [6.45, 7) is 5.88. The molecule has 14 heavy (non-hydrogen) atoms. The Kier molecular flexibility index (Phi) is 4.89. The van der Waals surface area contributed by atoms with Crippen LogP contribution in [0.3, 0.4) is 0 Å². The molecule has 0 aromatic rings. The lowest BCUT2D eigenvalue weighted by Crippen LogP contribution is -2.32. The van der Waals surface area contributed by atoms with Crippen LogP contribution >= 0.6 is 15.9 Å². The summed E-state index contributed by atoms with van der Waals surface area (Å²) in [4.78, 5) is 13.5. The van der Waals surface area contributed by atoms with E-state index in [1.54, 1.807) is 0 Å². The summed E-state index contributed by atoms with van der Waals surface area (Å²) in [7, 11) is 0. The summed E-state index contributed by atoms with van der Waals surface area (Å²) in [6.07, 6.45) is 1.24. The zero-order valence-corrected chi connectivity index (χ0v) is 10.4. The predicted molar refractivity (Wildman–Crippen MR) is 59.6 cm³/mol. The van der Waals surface area contributed by atoms with Crippen molar-refractivity contribution in [1.29, 1.82) is 0 Å². The first kappa shape index (κ1) is 12.0. The van der Waals surface area contributed by atoms with Crippen LogP contribution in [0.1, 0.15) is 20.3 Å². The van der Waals surface area contributed by atoms with E-state index in [0.717, 1.165) is 24.8 Å². The SMILES string of the molecule is CC(C)OCC(=O)N1CCC(CBr)C1. The largest absolute Gasteiger partial charge is 0.369 e. The third kappa shape index (κ3) is 3.58. The Labute approximate surface area is 93.9 Å². The van der Waals surface area contributed by atoms with Crippen molar-refractivity contribution in [2.45, 2.75) is 26.4 Å². The fraction of sp³-hybridized carbons (Fsp3) is 0.900. The van der Waals surface area contributed by atoms with Gasteiger partial charge in [0.25, 0.3) is 0 Å². The number of carbonyl (C=O) groups is 1. The maximum absolute atomic E-state index is 11.6. The van der Waals surface area contributed by atoms with Crippen LogP contribution in [0.5, 0.6) is 0 Å². The molecule has 0 N–H and O–H groups in total. The second-order valence-electron chi connectivity index (χ2n) is 4.01. The Morgan fingerprint density at radius 2 is 2.36 bits per heavy atom. The smallest absolute Gasteiger partial charge is 0.248 e. The van der Waals surface area contributed by atoms with E-state index < -0.39 is 0 Å². The molecule has 0 bridgehead atoms. The second kappa shape index (κ2) is 5.71.